The van der Waals surface area contributed by atoms with E-state index in [9.17, 15) is 14.0 Å². The van der Waals surface area contributed by atoms with Crippen molar-refractivity contribution in [3.63, 3.8) is 0 Å². The lowest BCUT2D eigenvalue weighted by atomic mass is 9.83. The van der Waals surface area contributed by atoms with Gasteiger partial charge in [-0.05, 0) is 76.3 Å². The molecular formula is C33H34BrClFN3O4. The molecule has 5 rings (SSSR count). The average molecular weight is 671 g/mol. The number of amides is 2. The minimum absolute atomic E-state index is 0.00500. The minimum atomic E-state index is -0.371. The van der Waals surface area contributed by atoms with Gasteiger partial charge in [0.2, 0.25) is 5.91 Å². The molecule has 1 fully saturated rings. The molecule has 10 heteroatoms. The first-order valence-corrected chi connectivity index (χ1v) is 15.5. The van der Waals surface area contributed by atoms with Crippen molar-refractivity contribution in [2.45, 2.75) is 38.9 Å². The highest BCUT2D eigenvalue weighted by molar-refractivity contribution is 9.10. The van der Waals surface area contributed by atoms with Gasteiger partial charge in [0, 0.05) is 55.8 Å². The fourth-order valence-corrected chi connectivity index (χ4v) is 6.16. The molecule has 1 saturated heterocycles. The molecule has 2 unspecified atom stereocenters. The zero-order valence-corrected chi connectivity index (χ0v) is 26.5. The number of likely N-dealkylation sites (N-methyl/N-ethyl adjacent to an activating group) is 1. The van der Waals surface area contributed by atoms with Gasteiger partial charge < -0.3 is 24.6 Å². The van der Waals surface area contributed by atoms with Gasteiger partial charge in [-0.2, -0.15) is 0 Å². The summed E-state index contributed by atoms with van der Waals surface area (Å²) in [6.45, 7) is 5.97. The third-order valence-corrected chi connectivity index (χ3v) is 8.80. The van der Waals surface area contributed by atoms with Crippen LogP contribution >= 0.6 is 27.5 Å². The molecule has 226 valence electrons. The van der Waals surface area contributed by atoms with Crippen molar-refractivity contribution in [2.24, 2.45) is 0 Å². The molecule has 0 spiro atoms. The van der Waals surface area contributed by atoms with Crippen molar-refractivity contribution >= 4 is 44.9 Å². The van der Waals surface area contributed by atoms with Gasteiger partial charge in [0.05, 0.1) is 10.5 Å². The van der Waals surface area contributed by atoms with Crippen LogP contribution in [0.1, 0.15) is 31.4 Å². The van der Waals surface area contributed by atoms with Crippen molar-refractivity contribution < 1.29 is 23.5 Å². The van der Waals surface area contributed by atoms with E-state index in [0.717, 1.165) is 16.7 Å². The average Bonchev–Trinajstić information content (AvgIpc) is 3.00. The summed E-state index contributed by atoms with van der Waals surface area (Å²) in [6, 6.07) is 19.3. The highest BCUT2D eigenvalue weighted by atomic mass is 79.9. The van der Waals surface area contributed by atoms with E-state index >= 15 is 0 Å². The van der Waals surface area contributed by atoms with E-state index in [-0.39, 0.29) is 42.9 Å². The Morgan fingerprint density at radius 3 is 2.53 bits per heavy atom. The summed E-state index contributed by atoms with van der Waals surface area (Å²) in [7, 11) is 0. The first kappa shape index (κ1) is 31.0. The molecule has 7 nitrogen and oxygen atoms in total. The van der Waals surface area contributed by atoms with Crippen molar-refractivity contribution in [1.29, 1.82) is 0 Å². The number of nitrogens with zero attached hydrogens (tertiary/aromatic N) is 2. The SMILES string of the molecule is CCN(Cc1ccccc1Cl)C(=O)C1=C(c2ccc(OCCOc3cc(F)ccc3Br)cc2)CC2CN(C(C)=O)CC1N2. The summed E-state index contributed by atoms with van der Waals surface area (Å²) in [6.07, 6.45) is 0.613. The third-order valence-electron chi connectivity index (χ3n) is 7.77. The molecule has 0 aromatic heterocycles. The Morgan fingerprint density at radius 2 is 1.81 bits per heavy atom. The third kappa shape index (κ3) is 7.40. The van der Waals surface area contributed by atoms with Crippen LogP contribution in [0.15, 0.2) is 76.8 Å². The number of halogens is 3. The maximum Gasteiger partial charge on any atom is 0.252 e. The van der Waals surface area contributed by atoms with Crippen LogP contribution in [0.5, 0.6) is 11.5 Å². The lowest BCUT2D eigenvalue weighted by molar-refractivity contribution is -0.132. The number of ether oxygens (including phenoxy) is 2. The standard InChI is InChI=1S/C33H34BrClFN3O4/c1-3-38(18-23-6-4-5-7-29(23)35)33(41)32-27(17-25-19-39(21(2)40)20-30(32)37-25)22-8-11-26(12-9-22)42-14-15-43-31-16-24(36)10-13-28(31)34/h4-13,16,25,30,37H,3,14-15,17-20H2,1-2H3. The van der Waals surface area contributed by atoms with Crippen molar-refractivity contribution in [3.8, 4) is 11.5 Å². The number of rotatable bonds is 10. The van der Waals surface area contributed by atoms with Crippen molar-refractivity contribution in [2.75, 3.05) is 32.8 Å². The predicted octanol–water partition coefficient (Wildman–Crippen LogP) is 6.09. The molecule has 2 aliphatic heterocycles. The number of hydrogen-bond acceptors (Lipinski definition) is 5. The Kier molecular flexibility index (Phi) is 10.1. The largest absolute Gasteiger partial charge is 0.490 e. The molecule has 0 saturated carbocycles. The normalized spacial score (nSPS) is 17.9. The number of nitrogens with one attached hydrogen (secondary N) is 1. The Hall–Kier alpha value is -3.40. The summed E-state index contributed by atoms with van der Waals surface area (Å²) in [5.41, 5.74) is 3.48. The van der Waals surface area contributed by atoms with Gasteiger partial charge in [0.1, 0.15) is 30.5 Å². The molecule has 2 heterocycles. The molecule has 2 aliphatic rings. The maximum atomic E-state index is 14.2. The monoisotopic (exact) mass is 669 g/mol. The van der Waals surface area contributed by atoms with E-state index in [2.05, 4.69) is 21.2 Å². The lowest BCUT2D eigenvalue weighted by Gasteiger charge is -2.44. The highest BCUT2D eigenvalue weighted by Gasteiger charge is 2.40. The number of piperazine rings is 1. The van der Waals surface area contributed by atoms with Crippen molar-refractivity contribution in [1.82, 2.24) is 15.1 Å². The van der Waals surface area contributed by atoms with Crippen LogP contribution in [0.4, 0.5) is 4.39 Å². The second kappa shape index (κ2) is 13.9. The van der Waals surface area contributed by atoms with Gasteiger partial charge in [0.25, 0.3) is 5.91 Å². The van der Waals surface area contributed by atoms with E-state index in [0.29, 0.717) is 59.2 Å². The van der Waals surface area contributed by atoms with E-state index in [1.165, 1.54) is 12.1 Å². The van der Waals surface area contributed by atoms with Crippen LogP contribution in [-0.2, 0) is 16.1 Å². The van der Waals surface area contributed by atoms with Crippen LogP contribution in [-0.4, -0.2) is 66.5 Å². The topological polar surface area (TPSA) is 71.1 Å². The first-order chi connectivity index (χ1) is 20.7. The molecule has 3 aromatic carbocycles. The second-order valence-corrected chi connectivity index (χ2v) is 11.9. The summed E-state index contributed by atoms with van der Waals surface area (Å²) < 4.78 is 25.7. The first-order valence-electron chi connectivity index (χ1n) is 14.3. The molecule has 1 N–H and O–H groups in total. The number of hydrogen-bond donors (Lipinski definition) is 1. The van der Waals surface area contributed by atoms with Crippen LogP contribution in [0, 0.1) is 5.82 Å². The van der Waals surface area contributed by atoms with Gasteiger partial charge in [-0.15, -0.1) is 0 Å². The Labute approximate surface area is 264 Å². The molecule has 0 aliphatic carbocycles. The summed E-state index contributed by atoms with van der Waals surface area (Å²) in [5.74, 6) is 0.637. The minimum Gasteiger partial charge on any atom is -0.490 e. The van der Waals surface area contributed by atoms with E-state index in [4.69, 9.17) is 21.1 Å². The Morgan fingerprint density at radius 1 is 1.07 bits per heavy atom. The van der Waals surface area contributed by atoms with Gasteiger partial charge in [-0.25, -0.2) is 4.39 Å². The Balaban J connectivity index is 1.36. The molecule has 43 heavy (non-hydrogen) atoms. The smallest absolute Gasteiger partial charge is 0.252 e. The van der Waals surface area contributed by atoms with Gasteiger partial charge in [0.15, 0.2) is 0 Å². The number of carbonyl (C=O) groups is 2. The highest BCUT2D eigenvalue weighted by Crippen LogP contribution is 2.35. The van der Waals surface area contributed by atoms with Crippen molar-refractivity contribution in [3.05, 3.63) is 98.7 Å². The Bertz CT molecular complexity index is 1520. The molecule has 3 aromatic rings. The van der Waals surface area contributed by atoms with Crippen LogP contribution in [0.3, 0.4) is 0 Å². The fraction of sp³-hybridized carbons (Fsp3) is 0.333. The van der Waals surface area contributed by atoms with E-state index in [1.807, 2.05) is 60.4 Å². The maximum absolute atomic E-state index is 14.2. The molecule has 0 radical (unpaired) electrons. The number of benzene rings is 3. The van der Waals surface area contributed by atoms with Crippen LogP contribution in [0.2, 0.25) is 5.02 Å². The summed E-state index contributed by atoms with van der Waals surface area (Å²) in [4.78, 5) is 30.2. The predicted molar refractivity (Wildman–Crippen MR) is 169 cm³/mol. The zero-order valence-electron chi connectivity index (χ0n) is 24.1. The molecule has 2 amide bonds. The summed E-state index contributed by atoms with van der Waals surface area (Å²) >= 11 is 9.80. The summed E-state index contributed by atoms with van der Waals surface area (Å²) in [5, 5.41) is 4.22. The van der Waals surface area contributed by atoms with Crippen LogP contribution < -0.4 is 14.8 Å². The van der Waals surface area contributed by atoms with Crippen LogP contribution in [0.25, 0.3) is 5.57 Å². The number of fused-ring (bicyclic) bond motifs is 2. The fourth-order valence-electron chi connectivity index (χ4n) is 5.61. The molecule has 2 atom stereocenters. The van der Waals surface area contributed by atoms with Gasteiger partial charge in [-0.1, -0.05) is 41.9 Å². The van der Waals surface area contributed by atoms with Gasteiger partial charge >= 0.3 is 0 Å². The number of carbonyl (C=O) groups excluding carboxylic acids is 2. The second-order valence-electron chi connectivity index (χ2n) is 10.6. The van der Waals surface area contributed by atoms with E-state index in [1.54, 1.807) is 17.9 Å². The van der Waals surface area contributed by atoms with E-state index < -0.39 is 0 Å². The molecular weight excluding hydrogens is 637 g/mol. The zero-order chi connectivity index (χ0) is 30.5. The quantitative estimate of drug-likeness (QED) is 0.265. The van der Waals surface area contributed by atoms with Gasteiger partial charge in [-0.3, -0.25) is 9.59 Å². The lowest BCUT2D eigenvalue weighted by Crippen LogP contribution is -2.61. The molecule has 2 bridgehead atoms.